The van der Waals surface area contributed by atoms with E-state index in [0.29, 0.717) is 5.92 Å². The number of guanidine groups is 1. The summed E-state index contributed by atoms with van der Waals surface area (Å²) in [6, 6.07) is 4.26. The van der Waals surface area contributed by atoms with E-state index in [1.165, 1.54) is 50.2 Å². The monoisotopic (exact) mass is 405 g/mol. The Morgan fingerprint density at radius 2 is 2.11 bits per heavy atom. The molecule has 2 aliphatic heterocycles. The van der Waals surface area contributed by atoms with Crippen molar-refractivity contribution in [3.05, 3.63) is 22.4 Å². The second-order valence-corrected chi connectivity index (χ2v) is 9.18. The van der Waals surface area contributed by atoms with Gasteiger partial charge in [-0.1, -0.05) is 12.5 Å². The van der Waals surface area contributed by atoms with E-state index in [0.717, 1.165) is 32.0 Å². The Labute approximate surface area is 173 Å². The predicted octanol–water partition coefficient (Wildman–Crippen LogP) is 2.13. The molecule has 0 aromatic carbocycles. The maximum Gasteiger partial charge on any atom is 0.243 e. The van der Waals surface area contributed by atoms with Crippen LogP contribution in [0, 0.1) is 5.92 Å². The third-order valence-corrected chi connectivity index (χ3v) is 6.58. The fraction of sp³-hybridized carbons (Fsp3) is 0.714. The molecule has 28 heavy (non-hydrogen) atoms. The zero-order valence-corrected chi connectivity index (χ0v) is 18.2. The second kappa shape index (κ2) is 10.8. The Hall–Kier alpha value is -1.60. The van der Waals surface area contributed by atoms with Crippen molar-refractivity contribution in [1.29, 1.82) is 0 Å². The zero-order chi connectivity index (χ0) is 19.8. The molecule has 2 saturated heterocycles. The van der Waals surface area contributed by atoms with Gasteiger partial charge in [0.1, 0.15) is 6.54 Å². The van der Waals surface area contributed by atoms with Crippen molar-refractivity contribution in [3.63, 3.8) is 0 Å². The minimum atomic E-state index is 0.0432. The highest BCUT2D eigenvalue weighted by Crippen LogP contribution is 2.20. The van der Waals surface area contributed by atoms with E-state index in [1.54, 1.807) is 30.3 Å². The number of likely N-dealkylation sites (N-methyl/N-ethyl adjacent to an activating group) is 1. The van der Waals surface area contributed by atoms with E-state index in [-0.39, 0.29) is 12.5 Å². The Balaban J connectivity index is 1.54. The molecule has 1 amide bonds. The van der Waals surface area contributed by atoms with Crippen LogP contribution in [0.25, 0.3) is 0 Å². The van der Waals surface area contributed by atoms with Crippen LogP contribution in [0.4, 0.5) is 0 Å². The van der Waals surface area contributed by atoms with Gasteiger partial charge in [0.05, 0.1) is 0 Å². The quantitative estimate of drug-likeness (QED) is 0.558. The van der Waals surface area contributed by atoms with Gasteiger partial charge >= 0.3 is 0 Å². The first-order valence-electron chi connectivity index (χ1n) is 10.6. The van der Waals surface area contributed by atoms with Crippen molar-refractivity contribution in [2.45, 2.75) is 32.1 Å². The van der Waals surface area contributed by atoms with Gasteiger partial charge in [0.15, 0.2) is 5.96 Å². The number of amides is 1. The number of thiophene rings is 1. The van der Waals surface area contributed by atoms with Gasteiger partial charge in [-0.3, -0.25) is 4.79 Å². The van der Waals surface area contributed by atoms with Crippen LogP contribution in [-0.2, 0) is 11.2 Å². The van der Waals surface area contributed by atoms with E-state index >= 15 is 0 Å². The number of hydrogen-bond acceptors (Lipinski definition) is 4. The summed E-state index contributed by atoms with van der Waals surface area (Å²) in [6.45, 7) is 6.85. The Kier molecular flexibility index (Phi) is 8.15. The Morgan fingerprint density at radius 3 is 2.82 bits per heavy atom. The van der Waals surface area contributed by atoms with Gasteiger partial charge in [-0.15, -0.1) is 11.3 Å². The fourth-order valence-electron chi connectivity index (χ4n) is 3.99. The number of hydrogen-bond donors (Lipinski definition) is 1. The lowest BCUT2D eigenvalue weighted by molar-refractivity contribution is -0.127. The topological polar surface area (TPSA) is 51.2 Å². The lowest BCUT2D eigenvalue weighted by Gasteiger charge is -2.29. The molecule has 0 spiro atoms. The van der Waals surface area contributed by atoms with Gasteiger partial charge in [-0.25, -0.2) is 4.99 Å². The van der Waals surface area contributed by atoms with Crippen molar-refractivity contribution in [2.24, 2.45) is 10.9 Å². The van der Waals surface area contributed by atoms with E-state index in [4.69, 9.17) is 0 Å². The lowest BCUT2D eigenvalue weighted by Crippen LogP contribution is -2.42. The molecule has 7 heteroatoms. The number of carbonyl (C=O) groups is 1. The molecule has 6 nitrogen and oxygen atoms in total. The van der Waals surface area contributed by atoms with Crippen molar-refractivity contribution >= 4 is 23.2 Å². The van der Waals surface area contributed by atoms with Crippen molar-refractivity contribution in [3.8, 4) is 0 Å². The van der Waals surface area contributed by atoms with Crippen LogP contribution in [0.1, 0.15) is 30.6 Å². The molecule has 3 heterocycles. The Bertz CT molecular complexity index is 625. The van der Waals surface area contributed by atoms with E-state index in [2.05, 4.69) is 37.6 Å². The van der Waals surface area contributed by atoms with Gasteiger partial charge in [-0.05, 0) is 56.1 Å². The van der Waals surface area contributed by atoms with Gasteiger partial charge in [0.2, 0.25) is 5.91 Å². The third kappa shape index (κ3) is 6.48. The number of carbonyl (C=O) groups excluding carboxylic acids is 1. The molecular formula is C21H35N5OS. The molecule has 1 aromatic rings. The minimum absolute atomic E-state index is 0.0432. The normalized spacial score (nSPS) is 21.1. The van der Waals surface area contributed by atoms with E-state index in [1.807, 2.05) is 0 Å². The lowest BCUT2D eigenvalue weighted by atomic mass is 10.1. The average molecular weight is 406 g/mol. The summed E-state index contributed by atoms with van der Waals surface area (Å²) in [6.07, 6.45) is 6.28. The number of rotatable bonds is 7. The molecule has 0 radical (unpaired) electrons. The number of piperidine rings is 1. The molecule has 1 unspecified atom stereocenters. The predicted molar refractivity (Wildman–Crippen MR) is 117 cm³/mol. The summed E-state index contributed by atoms with van der Waals surface area (Å²) in [4.78, 5) is 24.6. The highest BCUT2D eigenvalue weighted by Gasteiger charge is 2.27. The van der Waals surface area contributed by atoms with Gasteiger partial charge in [0.25, 0.3) is 0 Å². The second-order valence-electron chi connectivity index (χ2n) is 8.15. The SMILES string of the molecule is CN(C)C(=O)CN=C(NCCc1cccs1)N1CCC(CN2CCCCC2)C1. The molecule has 1 N–H and O–H groups in total. The average Bonchev–Trinajstić information content (AvgIpc) is 3.37. The summed E-state index contributed by atoms with van der Waals surface area (Å²) < 4.78 is 0. The summed E-state index contributed by atoms with van der Waals surface area (Å²) >= 11 is 1.79. The van der Waals surface area contributed by atoms with E-state index in [9.17, 15) is 4.79 Å². The maximum atomic E-state index is 12.0. The highest BCUT2D eigenvalue weighted by molar-refractivity contribution is 7.09. The van der Waals surface area contributed by atoms with Crippen LogP contribution >= 0.6 is 11.3 Å². The zero-order valence-electron chi connectivity index (χ0n) is 17.4. The van der Waals surface area contributed by atoms with Crippen LogP contribution in [0.3, 0.4) is 0 Å². The minimum Gasteiger partial charge on any atom is -0.356 e. The van der Waals surface area contributed by atoms with Crippen LogP contribution in [0.5, 0.6) is 0 Å². The van der Waals surface area contributed by atoms with Crippen molar-refractivity contribution < 1.29 is 4.79 Å². The number of likely N-dealkylation sites (tertiary alicyclic amines) is 2. The number of aliphatic imine (C=N–C) groups is 1. The molecule has 1 atom stereocenters. The number of nitrogens with one attached hydrogen (secondary N) is 1. The molecule has 156 valence electrons. The first-order valence-corrected chi connectivity index (χ1v) is 11.5. The largest absolute Gasteiger partial charge is 0.356 e. The molecule has 2 aliphatic rings. The van der Waals surface area contributed by atoms with Gasteiger partial charge < -0.3 is 20.0 Å². The van der Waals surface area contributed by atoms with Crippen LogP contribution < -0.4 is 5.32 Å². The highest BCUT2D eigenvalue weighted by atomic mass is 32.1. The van der Waals surface area contributed by atoms with Crippen LogP contribution in [0.15, 0.2) is 22.5 Å². The first kappa shape index (κ1) is 21.1. The molecule has 3 rings (SSSR count). The van der Waals surface area contributed by atoms with Crippen LogP contribution in [-0.4, -0.2) is 86.5 Å². The molecule has 0 aliphatic carbocycles. The van der Waals surface area contributed by atoms with Crippen molar-refractivity contribution in [1.82, 2.24) is 20.0 Å². The summed E-state index contributed by atoms with van der Waals surface area (Å²) in [5, 5.41) is 5.63. The smallest absolute Gasteiger partial charge is 0.243 e. The van der Waals surface area contributed by atoms with Gasteiger partial charge in [0, 0.05) is 45.2 Å². The first-order chi connectivity index (χ1) is 13.6. The molecule has 0 saturated carbocycles. The Morgan fingerprint density at radius 1 is 1.29 bits per heavy atom. The summed E-state index contributed by atoms with van der Waals surface area (Å²) in [5.74, 6) is 1.64. The fourth-order valence-corrected chi connectivity index (χ4v) is 4.69. The summed E-state index contributed by atoms with van der Waals surface area (Å²) in [5.41, 5.74) is 0. The van der Waals surface area contributed by atoms with Crippen molar-refractivity contribution in [2.75, 3.05) is 59.9 Å². The van der Waals surface area contributed by atoms with E-state index < -0.39 is 0 Å². The number of nitrogens with zero attached hydrogens (tertiary/aromatic N) is 4. The molecule has 2 fully saturated rings. The molecular weight excluding hydrogens is 370 g/mol. The van der Waals surface area contributed by atoms with Gasteiger partial charge in [-0.2, -0.15) is 0 Å². The maximum absolute atomic E-state index is 12.0. The summed E-state index contributed by atoms with van der Waals surface area (Å²) in [7, 11) is 3.57. The van der Waals surface area contributed by atoms with Crippen LogP contribution in [0.2, 0.25) is 0 Å². The third-order valence-electron chi connectivity index (χ3n) is 5.65. The standard InChI is InChI=1S/C21H35N5OS/c1-24(2)20(27)15-23-21(22-10-8-19-7-6-14-28-19)26-13-9-18(17-26)16-25-11-4-3-5-12-25/h6-7,14,18H,3-5,8-13,15-17H2,1-2H3,(H,22,23). The molecule has 1 aromatic heterocycles. The molecule has 0 bridgehead atoms.